The van der Waals surface area contributed by atoms with Crippen LogP contribution in [-0.4, -0.2) is 48.4 Å². The van der Waals surface area contributed by atoms with E-state index >= 15 is 0 Å². The average Bonchev–Trinajstić information content (AvgIpc) is 3.19. The molecule has 3 rings (SSSR count). The van der Waals surface area contributed by atoms with Crippen molar-refractivity contribution < 1.29 is 4.79 Å². The summed E-state index contributed by atoms with van der Waals surface area (Å²) >= 11 is 3.52. The highest BCUT2D eigenvalue weighted by molar-refractivity contribution is 7.10. The van der Waals surface area contributed by atoms with Crippen LogP contribution in [0.3, 0.4) is 0 Å². The molecule has 0 aliphatic carbocycles. The first-order valence-corrected chi connectivity index (χ1v) is 9.73. The van der Waals surface area contributed by atoms with E-state index in [1.165, 1.54) is 15.3 Å². The van der Waals surface area contributed by atoms with E-state index in [0.29, 0.717) is 13.1 Å². The Labute approximate surface area is 145 Å². The lowest BCUT2D eigenvalue weighted by atomic mass is 10.3. The van der Waals surface area contributed by atoms with Crippen molar-refractivity contribution in [2.24, 2.45) is 0 Å². The van der Waals surface area contributed by atoms with Crippen LogP contribution in [0.5, 0.6) is 0 Å². The van der Waals surface area contributed by atoms with E-state index in [1.54, 1.807) is 11.3 Å². The number of amides is 1. The van der Waals surface area contributed by atoms with Crippen LogP contribution in [0.1, 0.15) is 15.3 Å². The molecule has 1 fully saturated rings. The SMILES string of the molecule is Cc1ccsc1CNC(=O)CN1CCN(Cc2cccs2)CC1. The molecule has 2 aromatic heterocycles. The van der Waals surface area contributed by atoms with Gasteiger partial charge in [-0.2, -0.15) is 0 Å². The van der Waals surface area contributed by atoms with Crippen molar-refractivity contribution in [1.82, 2.24) is 15.1 Å². The van der Waals surface area contributed by atoms with Gasteiger partial charge in [0.15, 0.2) is 0 Å². The Morgan fingerprint density at radius 2 is 1.91 bits per heavy atom. The molecule has 0 radical (unpaired) electrons. The van der Waals surface area contributed by atoms with Gasteiger partial charge in [-0.1, -0.05) is 6.07 Å². The topological polar surface area (TPSA) is 35.6 Å². The first-order chi connectivity index (χ1) is 11.2. The normalized spacial score (nSPS) is 16.6. The van der Waals surface area contributed by atoms with Gasteiger partial charge in [0, 0.05) is 42.5 Å². The van der Waals surface area contributed by atoms with Crippen molar-refractivity contribution in [3.8, 4) is 0 Å². The summed E-state index contributed by atoms with van der Waals surface area (Å²) in [6.07, 6.45) is 0. The van der Waals surface area contributed by atoms with E-state index in [9.17, 15) is 4.79 Å². The maximum absolute atomic E-state index is 12.1. The summed E-state index contributed by atoms with van der Waals surface area (Å²) in [5.41, 5.74) is 1.26. The monoisotopic (exact) mass is 349 g/mol. The summed E-state index contributed by atoms with van der Waals surface area (Å²) < 4.78 is 0. The molecule has 1 saturated heterocycles. The van der Waals surface area contributed by atoms with Gasteiger partial charge in [-0.05, 0) is 35.4 Å². The molecule has 2 aromatic rings. The third-order valence-electron chi connectivity index (χ3n) is 4.21. The third-order valence-corrected chi connectivity index (χ3v) is 6.09. The zero-order chi connectivity index (χ0) is 16.1. The van der Waals surface area contributed by atoms with Crippen LogP contribution >= 0.6 is 22.7 Å². The van der Waals surface area contributed by atoms with Crippen molar-refractivity contribution in [2.75, 3.05) is 32.7 Å². The quantitative estimate of drug-likeness (QED) is 0.871. The zero-order valence-electron chi connectivity index (χ0n) is 13.5. The summed E-state index contributed by atoms with van der Waals surface area (Å²) in [4.78, 5) is 19.5. The average molecular weight is 350 g/mol. The fourth-order valence-corrected chi connectivity index (χ4v) is 4.34. The number of thiophene rings is 2. The largest absolute Gasteiger partial charge is 0.350 e. The molecule has 3 heterocycles. The Bertz CT molecular complexity index is 616. The van der Waals surface area contributed by atoms with Gasteiger partial charge in [0.05, 0.1) is 13.1 Å². The number of hydrogen-bond donors (Lipinski definition) is 1. The van der Waals surface area contributed by atoms with Crippen LogP contribution in [-0.2, 0) is 17.9 Å². The lowest BCUT2D eigenvalue weighted by Crippen LogP contribution is -2.48. The van der Waals surface area contributed by atoms with E-state index in [0.717, 1.165) is 32.7 Å². The lowest BCUT2D eigenvalue weighted by molar-refractivity contribution is -0.122. The number of nitrogens with zero attached hydrogens (tertiary/aromatic N) is 2. The third kappa shape index (κ3) is 4.88. The first-order valence-electron chi connectivity index (χ1n) is 7.97. The highest BCUT2D eigenvalue weighted by Gasteiger charge is 2.19. The molecule has 0 unspecified atom stereocenters. The predicted octanol–water partition coefficient (Wildman–Crippen LogP) is 2.55. The molecule has 0 bridgehead atoms. The second-order valence-electron chi connectivity index (χ2n) is 5.94. The number of piperazine rings is 1. The second-order valence-corrected chi connectivity index (χ2v) is 7.97. The van der Waals surface area contributed by atoms with E-state index in [4.69, 9.17) is 0 Å². The van der Waals surface area contributed by atoms with Gasteiger partial charge in [-0.25, -0.2) is 0 Å². The molecule has 0 aromatic carbocycles. The predicted molar refractivity (Wildman–Crippen MR) is 96.9 cm³/mol. The molecule has 1 aliphatic heterocycles. The van der Waals surface area contributed by atoms with Gasteiger partial charge < -0.3 is 5.32 Å². The number of nitrogens with one attached hydrogen (secondary N) is 1. The smallest absolute Gasteiger partial charge is 0.234 e. The van der Waals surface area contributed by atoms with Crippen LogP contribution in [0.15, 0.2) is 29.0 Å². The first kappa shape index (κ1) is 16.6. The Hall–Kier alpha value is -1.21. The molecular weight excluding hydrogens is 326 g/mol. The number of carbonyl (C=O) groups is 1. The van der Waals surface area contributed by atoms with Crippen molar-refractivity contribution in [2.45, 2.75) is 20.0 Å². The van der Waals surface area contributed by atoms with Crippen LogP contribution in [0, 0.1) is 6.92 Å². The molecule has 1 N–H and O–H groups in total. The summed E-state index contributed by atoms with van der Waals surface area (Å²) in [7, 11) is 0. The molecule has 6 heteroatoms. The van der Waals surface area contributed by atoms with Gasteiger partial charge in [0.1, 0.15) is 0 Å². The van der Waals surface area contributed by atoms with E-state index < -0.39 is 0 Å². The van der Waals surface area contributed by atoms with Crippen molar-refractivity contribution >= 4 is 28.6 Å². The van der Waals surface area contributed by atoms with Crippen LogP contribution in [0.2, 0.25) is 0 Å². The Morgan fingerprint density at radius 3 is 2.57 bits per heavy atom. The standard InChI is InChI=1S/C17H23N3OS2/c1-14-4-10-23-16(14)11-18-17(21)13-20-7-5-19(6-8-20)12-15-3-2-9-22-15/h2-4,9-10H,5-8,11-13H2,1H3,(H,18,21). The Kier molecular flexibility index (Phi) is 5.83. The molecule has 0 spiro atoms. The highest BCUT2D eigenvalue weighted by Crippen LogP contribution is 2.15. The minimum absolute atomic E-state index is 0.129. The number of hydrogen-bond acceptors (Lipinski definition) is 5. The van der Waals surface area contributed by atoms with Gasteiger partial charge >= 0.3 is 0 Å². The van der Waals surface area contributed by atoms with E-state index in [1.807, 2.05) is 11.3 Å². The van der Waals surface area contributed by atoms with Gasteiger partial charge in [-0.15, -0.1) is 22.7 Å². The minimum atomic E-state index is 0.129. The van der Waals surface area contributed by atoms with Gasteiger partial charge in [0.25, 0.3) is 0 Å². The number of carbonyl (C=O) groups excluding carboxylic acids is 1. The van der Waals surface area contributed by atoms with E-state index in [2.05, 4.69) is 51.0 Å². The minimum Gasteiger partial charge on any atom is -0.350 e. The van der Waals surface area contributed by atoms with E-state index in [-0.39, 0.29) is 5.91 Å². The molecule has 1 amide bonds. The number of rotatable bonds is 6. The second kappa shape index (κ2) is 8.06. The summed E-state index contributed by atoms with van der Waals surface area (Å²) in [5.74, 6) is 0.129. The zero-order valence-corrected chi connectivity index (χ0v) is 15.1. The molecule has 1 aliphatic rings. The summed E-state index contributed by atoms with van der Waals surface area (Å²) in [5, 5.41) is 7.24. The summed E-state index contributed by atoms with van der Waals surface area (Å²) in [6.45, 7) is 8.30. The number of aryl methyl sites for hydroxylation is 1. The molecule has 4 nitrogen and oxygen atoms in total. The molecule has 124 valence electrons. The Balaban J connectivity index is 1.36. The van der Waals surface area contributed by atoms with Crippen molar-refractivity contribution in [1.29, 1.82) is 0 Å². The molecular formula is C17H23N3OS2. The molecule has 23 heavy (non-hydrogen) atoms. The van der Waals surface area contributed by atoms with Crippen LogP contribution in [0.4, 0.5) is 0 Å². The fraction of sp³-hybridized carbons (Fsp3) is 0.471. The lowest BCUT2D eigenvalue weighted by Gasteiger charge is -2.34. The maximum Gasteiger partial charge on any atom is 0.234 e. The molecule has 0 saturated carbocycles. The van der Waals surface area contributed by atoms with Crippen molar-refractivity contribution in [3.63, 3.8) is 0 Å². The molecule has 0 atom stereocenters. The van der Waals surface area contributed by atoms with Gasteiger partial charge in [-0.3, -0.25) is 14.6 Å². The van der Waals surface area contributed by atoms with Crippen LogP contribution in [0.25, 0.3) is 0 Å². The summed E-state index contributed by atoms with van der Waals surface area (Å²) in [6, 6.07) is 6.39. The van der Waals surface area contributed by atoms with Crippen molar-refractivity contribution in [3.05, 3.63) is 44.3 Å². The maximum atomic E-state index is 12.1. The fourth-order valence-electron chi connectivity index (χ4n) is 2.75. The Morgan fingerprint density at radius 1 is 1.13 bits per heavy atom. The van der Waals surface area contributed by atoms with Crippen LogP contribution < -0.4 is 5.32 Å². The van der Waals surface area contributed by atoms with Gasteiger partial charge in [0.2, 0.25) is 5.91 Å². The highest BCUT2D eigenvalue weighted by atomic mass is 32.1.